The fraction of sp³-hybridized carbons (Fsp3) is 0.133. The maximum atomic E-state index is 6.20. The van der Waals surface area contributed by atoms with E-state index in [4.69, 9.17) is 10.2 Å². The lowest BCUT2D eigenvalue weighted by Crippen LogP contribution is -2.12. The highest BCUT2D eigenvalue weighted by atomic mass is 79.9. The zero-order chi connectivity index (χ0) is 13.9. The molecule has 0 aliphatic carbocycles. The van der Waals surface area contributed by atoms with Crippen LogP contribution in [0.1, 0.15) is 11.8 Å². The van der Waals surface area contributed by atoms with Gasteiger partial charge < -0.3 is 10.2 Å². The van der Waals surface area contributed by atoms with Gasteiger partial charge in [-0.15, -0.1) is 11.8 Å². The van der Waals surface area contributed by atoms with Crippen LogP contribution < -0.4 is 5.73 Å². The molecule has 102 valence electrons. The molecule has 3 aromatic rings. The van der Waals surface area contributed by atoms with E-state index in [1.54, 1.807) is 18.0 Å². The standard InChI is InChI=1S/C15H13BrN2OS/c16-11-5-3-7-18-15(11)20-9-12(17)14-8-10-4-1-2-6-13(10)19-14/h1-8,12H,9,17H2. The van der Waals surface area contributed by atoms with Gasteiger partial charge in [-0.2, -0.15) is 0 Å². The smallest absolute Gasteiger partial charge is 0.134 e. The van der Waals surface area contributed by atoms with Crippen molar-refractivity contribution in [3.05, 3.63) is 58.9 Å². The number of pyridine rings is 1. The summed E-state index contributed by atoms with van der Waals surface area (Å²) in [5, 5.41) is 2.03. The minimum Gasteiger partial charge on any atom is -0.459 e. The number of fused-ring (bicyclic) bond motifs is 1. The van der Waals surface area contributed by atoms with E-state index in [1.807, 2.05) is 42.5 Å². The zero-order valence-electron chi connectivity index (χ0n) is 10.6. The van der Waals surface area contributed by atoms with Gasteiger partial charge in [-0.1, -0.05) is 18.2 Å². The third-order valence-corrected chi connectivity index (χ3v) is 4.96. The highest BCUT2D eigenvalue weighted by Gasteiger charge is 2.13. The summed E-state index contributed by atoms with van der Waals surface area (Å²) >= 11 is 5.10. The van der Waals surface area contributed by atoms with Crippen molar-refractivity contribution in [2.75, 3.05) is 5.75 Å². The van der Waals surface area contributed by atoms with Crippen molar-refractivity contribution >= 4 is 38.7 Å². The molecule has 1 atom stereocenters. The third kappa shape index (κ3) is 2.90. The molecular weight excluding hydrogens is 336 g/mol. The van der Waals surface area contributed by atoms with Crippen LogP contribution in [0, 0.1) is 0 Å². The maximum absolute atomic E-state index is 6.20. The molecule has 0 saturated carbocycles. The monoisotopic (exact) mass is 348 g/mol. The van der Waals surface area contributed by atoms with Crippen molar-refractivity contribution in [1.82, 2.24) is 4.98 Å². The first-order valence-corrected chi connectivity index (χ1v) is 7.99. The van der Waals surface area contributed by atoms with Crippen molar-refractivity contribution in [2.45, 2.75) is 11.1 Å². The highest BCUT2D eigenvalue weighted by molar-refractivity contribution is 9.10. The molecule has 0 aliphatic heterocycles. The lowest BCUT2D eigenvalue weighted by atomic mass is 10.2. The fourth-order valence-corrected chi connectivity index (χ4v) is 3.35. The van der Waals surface area contributed by atoms with Crippen molar-refractivity contribution in [1.29, 1.82) is 0 Å². The van der Waals surface area contributed by atoms with Crippen LogP contribution in [-0.2, 0) is 0 Å². The van der Waals surface area contributed by atoms with Crippen LogP contribution in [0.3, 0.4) is 0 Å². The number of thioether (sulfide) groups is 1. The summed E-state index contributed by atoms with van der Waals surface area (Å²) in [6.45, 7) is 0. The van der Waals surface area contributed by atoms with Gasteiger partial charge in [0.2, 0.25) is 0 Å². The molecule has 1 unspecified atom stereocenters. The van der Waals surface area contributed by atoms with E-state index in [0.29, 0.717) is 0 Å². The molecule has 0 saturated heterocycles. The van der Waals surface area contributed by atoms with E-state index in [2.05, 4.69) is 20.9 Å². The van der Waals surface area contributed by atoms with Gasteiger partial charge in [0.05, 0.1) is 6.04 Å². The van der Waals surface area contributed by atoms with E-state index < -0.39 is 0 Å². The van der Waals surface area contributed by atoms with Crippen LogP contribution in [0.15, 0.2) is 62.6 Å². The van der Waals surface area contributed by atoms with Gasteiger partial charge in [0, 0.05) is 21.8 Å². The van der Waals surface area contributed by atoms with Crippen LogP contribution in [0.4, 0.5) is 0 Å². The normalized spacial score (nSPS) is 12.7. The van der Waals surface area contributed by atoms with Crippen LogP contribution in [0.25, 0.3) is 11.0 Å². The number of benzene rings is 1. The Morgan fingerprint density at radius 1 is 1.25 bits per heavy atom. The van der Waals surface area contributed by atoms with E-state index >= 15 is 0 Å². The minimum absolute atomic E-state index is 0.152. The van der Waals surface area contributed by atoms with Gasteiger partial charge in [0.1, 0.15) is 16.4 Å². The lowest BCUT2D eigenvalue weighted by molar-refractivity contribution is 0.516. The number of nitrogens with two attached hydrogens (primary N) is 1. The third-order valence-electron chi connectivity index (χ3n) is 2.93. The van der Waals surface area contributed by atoms with Crippen LogP contribution in [0.5, 0.6) is 0 Å². The topological polar surface area (TPSA) is 52.0 Å². The molecule has 0 spiro atoms. The second-order valence-corrected chi connectivity index (χ2v) is 6.26. The second-order valence-electron chi connectivity index (χ2n) is 4.39. The van der Waals surface area contributed by atoms with E-state index in [-0.39, 0.29) is 6.04 Å². The molecule has 2 heterocycles. The molecule has 0 aliphatic rings. The molecular formula is C15H13BrN2OS. The maximum Gasteiger partial charge on any atom is 0.134 e. The number of aromatic nitrogens is 1. The number of halogens is 1. The fourth-order valence-electron chi connectivity index (χ4n) is 1.91. The quantitative estimate of drug-likeness (QED) is 0.710. The molecule has 3 rings (SSSR count). The Morgan fingerprint density at radius 3 is 2.90 bits per heavy atom. The van der Waals surface area contributed by atoms with Gasteiger partial charge in [0.15, 0.2) is 0 Å². The van der Waals surface area contributed by atoms with E-state index in [9.17, 15) is 0 Å². The Bertz CT molecular complexity index is 695. The first-order valence-electron chi connectivity index (χ1n) is 6.21. The van der Waals surface area contributed by atoms with E-state index in [0.717, 1.165) is 32.0 Å². The summed E-state index contributed by atoms with van der Waals surface area (Å²) in [5.41, 5.74) is 7.08. The molecule has 2 aromatic heterocycles. The highest BCUT2D eigenvalue weighted by Crippen LogP contribution is 2.29. The van der Waals surface area contributed by atoms with Crippen LogP contribution >= 0.6 is 27.7 Å². The molecule has 0 fully saturated rings. The Balaban J connectivity index is 1.73. The number of hydrogen-bond donors (Lipinski definition) is 1. The van der Waals surface area contributed by atoms with Crippen molar-refractivity contribution in [3.63, 3.8) is 0 Å². The van der Waals surface area contributed by atoms with Gasteiger partial charge in [0.25, 0.3) is 0 Å². The lowest BCUT2D eigenvalue weighted by Gasteiger charge is -2.08. The first-order chi connectivity index (χ1) is 9.74. The Kier molecular flexibility index (Phi) is 4.10. The average Bonchev–Trinajstić information content (AvgIpc) is 2.90. The number of rotatable bonds is 4. The molecule has 20 heavy (non-hydrogen) atoms. The SMILES string of the molecule is NC(CSc1ncccc1Br)c1cc2ccccc2o1. The summed E-state index contributed by atoms with van der Waals surface area (Å²) in [7, 11) is 0. The summed E-state index contributed by atoms with van der Waals surface area (Å²) in [6, 6.07) is 13.7. The molecule has 0 bridgehead atoms. The number of para-hydroxylation sites is 1. The summed E-state index contributed by atoms with van der Waals surface area (Å²) in [4.78, 5) is 4.32. The first kappa shape index (κ1) is 13.7. The molecule has 3 nitrogen and oxygen atoms in total. The summed E-state index contributed by atoms with van der Waals surface area (Å²) in [6.07, 6.45) is 1.78. The number of furan rings is 1. The predicted molar refractivity (Wildman–Crippen MR) is 85.8 cm³/mol. The van der Waals surface area contributed by atoms with Crippen LogP contribution in [0.2, 0.25) is 0 Å². The molecule has 0 radical (unpaired) electrons. The second kappa shape index (κ2) is 5.99. The van der Waals surface area contributed by atoms with Gasteiger partial charge >= 0.3 is 0 Å². The number of hydrogen-bond acceptors (Lipinski definition) is 4. The zero-order valence-corrected chi connectivity index (χ0v) is 13.0. The minimum atomic E-state index is -0.152. The van der Waals surface area contributed by atoms with Crippen molar-refractivity contribution in [3.8, 4) is 0 Å². The molecule has 2 N–H and O–H groups in total. The molecule has 1 aromatic carbocycles. The average molecular weight is 349 g/mol. The van der Waals surface area contributed by atoms with E-state index in [1.165, 1.54) is 0 Å². The summed E-state index contributed by atoms with van der Waals surface area (Å²) < 4.78 is 6.77. The van der Waals surface area contributed by atoms with Gasteiger partial charge in [-0.3, -0.25) is 0 Å². The van der Waals surface area contributed by atoms with Crippen molar-refractivity contribution in [2.24, 2.45) is 5.73 Å². The number of nitrogens with zero attached hydrogens (tertiary/aromatic N) is 1. The molecule has 0 amide bonds. The Labute approximate surface area is 129 Å². The molecule has 5 heteroatoms. The largest absolute Gasteiger partial charge is 0.459 e. The summed E-state index contributed by atoms with van der Waals surface area (Å²) in [5.74, 6) is 1.53. The predicted octanol–water partition coefficient (Wildman–Crippen LogP) is 4.38. The van der Waals surface area contributed by atoms with Crippen LogP contribution in [-0.4, -0.2) is 10.7 Å². The van der Waals surface area contributed by atoms with Crippen molar-refractivity contribution < 1.29 is 4.42 Å². The Hall–Kier alpha value is -1.30. The van der Waals surface area contributed by atoms with Gasteiger partial charge in [-0.25, -0.2) is 4.98 Å². The Morgan fingerprint density at radius 2 is 2.10 bits per heavy atom. The van der Waals surface area contributed by atoms with Gasteiger partial charge in [-0.05, 0) is 40.2 Å².